The summed E-state index contributed by atoms with van der Waals surface area (Å²) in [5.41, 5.74) is 2.25. The van der Waals surface area contributed by atoms with Crippen molar-refractivity contribution in [2.45, 2.75) is 13.5 Å². The number of halogens is 1. The fraction of sp³-hybridized carbons (Fsp3) is 0.150. The van der Waals surface area contributed by atoms with Gasteiger partial charge in [-0.2, -0.15) is 5.10 Å². The summed E-state index contributed by atoms with van der Waals surface area (Å²) in [5.74, 6) is -0.782. The first-order valence-corrected chi connectivity index (χ1v) is 8.36. The van der Waals surface area contributed by atoms with E-state index in [2.05, 4.69) is 10.4 Å². The Morgan fingerprint density at radius 1 is 1.15 bits per heavy atom. The number of nitrogens with one attached hydrogen (secondary N) is 1. The number of anilines is 1. The van der Waals surface area contributed by atoms with Crippen LogP contribution in [-0.2, 0) is 11.3 Å². The lowest BCUT2D eigenvalue weighted by Gasteiger charge is -2.15. The highest BCUT2D eigenvalue weighted by molar-refractivity contribution is 6.02. The van der Waals surface area contributed by atoms with E-state index in [4.69, 9.17) is 0 Å². The van der Waals surface area contributed by atoms with Gasteiger partial charge < -0.3 is 10.2 Å². The molecule has 0 radical (unpaired) electrons. The molecule has 0 saturated carbocycles. The van der Waals surface area contributed by atoms with Crippen LogP contribution in [0, 0.1) is 5.82 Å². The lowest BCUT2D eigenvalue weighted by atomic mass is 10.2. The van der Waals surface area contributed by atoms with Gasteiger partial charge in [0.1, 0.15) is 5.82 Å². The van der Waals surface area contributed by atoms with Gasteiger partial charge in [-0.25, -0.2) is 9.07 Å². The first-order valence-electron chi connectivity index (χ1n) is 8.36. The summed E-state index contributed by atoms with van der Waals surface area (Å²) in [6.45, 7) is 1.95. The van der Waals surface area contributed by atoms with E-state index in [0.717, 1.165) is 5.56 Å². The molecule has 0 saturated heterocycles. The van der Waals surface area contributed by atoms with Crippen molar-refractivity contribution in [2.75, 3.05) is 12.4 Å². The van der Waals surface area contributed by atoms with Crippen LogP contribution in [-0.4, -0.2) is 33.5 Å². The van der Waals surface area contributed by atoms with Crippen LogP contribution >= 0.6 is 0 Å². The molecule has 0 aliphatic carbocycles. The molecule has 0 atom stereocenters. The third-order valence-electron chi connectivity index (χ3n) is 4.04. The van der Waals surface area contributed by atoms with Crippen molar-refractivity contribution in [1.29, 1.82) is 0 Å². The zero-order chi connectivity index (χ0) is 19.4. The van der Waals surface area contributed by atoms with E-state index in [0.29, 0.717) is 17.9 Å². The number of aromatic nitrogens is 2. The van der Waals surface area contributed by atoms with Gasteiger partial charge in [-0.3, -0.25) is 9.59 Å². The Hall–Kier alpha value is -3.48. The zero-order valence-electron chi connectivity index (χ0n) is 15.0. The van der Waals surface area contributed by atoms with Gasteiger partial charge in [-0.15, -0.1) is 0 Å². The number of nitrogens with zero attached hydrogens (tertiary/aromatic N) is 3. The van der Waals surface area contributed by atoms with E-state index in [1.54, 1.807) is 48.5 Å². The molecule has 0 aliphatic rings. The van der Waals surface area contributed by atoms with Gasteiger partial charge in [0.25, 0.3) is 5.91 Å². The number of hydrogen-bond acceptors (Lipinski definition) is 3. The van der Waals surface area contributed by atoms with Gasteiger partial charge in [-0.05, 0) is 42.0 Å². The largest absolute Gasteiger partial charge is 0.342 e. The van der Waals surface area contributed by atoms with Crippen molar-refractivity contribution in [2.24, 2.45) is 0 Å². The number of benzene rings is 2. The molecule has 0 fully saturated rings. The van der Waals surface area contributed by atoms with Crippen LogP contribution in [0.15, 0.2) is 60.8 Å². The normalized spacial score (nSPS) is 10.5. The van der Waals surface area contributed by atoms with Crippen LogP contribution in [0.3, 0.4) is 0 Å². The van der Waals surface area contributed by atoms with Crippen molar-refractivity contribution in [1.82, 2.24) is 14.7 Å². The fourth-order valence-electron chi connectivity index (χ4n) is 2.54. The summed E-state index contributed by atoms with van der Waals surface area (Å²) >= 11 is 0. The maximum absolute atomic E-state index is 13.3. The number of amides is 2. The number of carbonyl (C=O) groups excluding carboxylic acids is 2. The Morgan fingerprint density at radius 3 is 2.67 bits per heavy atom. The van der Waals surface area contributed by atoms with Crippen molar-refractivity contribution in [3.05, 3.63) is 77.9 Å². The van der Waals surface area contributed by atoms with E-state index in [-0.39, 0.29) is 23.3 Å². The van der Waals surface area contributed by atoms with Crippen molar-refractivity contribution < 1.29 is 14.0 Å². The van der Waals surface area contributed by atoms with Crippen LogP contribution in [0.2, 0.25) is 0 Å². The van der Waals surface area contributed by atoms with Crippen molar-refractivity contribution in [3.63, 3.8) is 0 Å². The molecule has 1 N–H and O–H groups in total. The summed E-state index contributed by atoms with van der Waals surface area (Å²) < 4.78 is 14.8. The molecule has 2 amide bonds. The molecule has 7 heteroatoms. The Kier molecular flexibility index (Phi) is 5.30. The quantitative estimate of drug-likeness (QED) is 0.754. The van der Waals surface area contributed by atoms with Gasteiger partial charge in [0, 0.05) is 32.4 Å². The number of hydrogen-bond donors (Lipinski definition) is 1. The molecule has 6 nitrogen and oxygen atoms in total. The average molecular weight is 366 g/mol. The minimum absolute atomic E-state index is 0.0349. The van der Waals surface area contributed by atoms with Gasteiger partial charge in [0.2, 0.25) is 5.91 Å². The molecule has 3 rings (SSSR count). The van der Waals surface area contributed by atoms with Gasteiger partial charge >= 0.3 is 0 Å². The van der Waals surface area contributed by atoms with E-state index in [1.165, 1.54) is 23.7 Å². The van der Waals surface area contributed by atoms with Crippen LogP contribution in [0.4, 0.5) is 10.1 Å². The lowest BCUT2D eigenvalue weighted by molar-refractivity contribution is -0.128. The van der Waals surface area contributed by atoms with E-state index in [1.807, 2.05) is 12.1 Å². The molecule has 0 aliphatic heterocycles. The van der Waals surface area contributed by atoms with Crippen LogP contribution < -0.4 is 5.32 Å². The first-order chi connectivity index (χ1) is 12.9. The number of rotatable bonds is 5. The Bertz CT molecular complexity index is 983. The molecule has 3 aromatic rings. The highest BCUT2D eigenvalue weighted by Gasteiger charge is 2.12. The third kappa shape index (κ3) is 4.58. The Morgan fingerprint density at radius 2 is 1.93 bits per heavy atom. The summed E-state index contributed by atoms with van der Waals surface area (Å²) in [6, 6.07) is 14.8. The zero-order valence-corrected chi connectivity index (χ0v) is 15.0. The minimum atomic E-state index is -0.374. The molecule has 0 spiro atoms. The molecule has 2 aromatic carbocycles. The fourth-order valence-corrected chi connectivity index (χ4v) is 2.54. The van der Waals surface area contributed by atoms with Crippen LogP contribution in [0.25, 0.3) is 5.69 Å². The number of carbonyl (C=O) groups is 2. The molecular formula is C20H19FN4O2. The summed E-state index contributed by atoms with van der Waals surface area (Å²) in [7, 11) is 1.71. The second-order valence-corrected chi connectivity index (χ2v) is 6.16. The lowest BCUT2D eigenvalue weighted by Crippen LogP contribution is -2.23. The van der Waals surface area contributed by atoms with Crippen LogP contribution in [0.5, 0.6) is 0 Å². The summed E-state index contributed by atoms with van der Waals surface area (Å²) in [6.07, 6.45) is 1.60. The smallest absolute Gasteiger partial charge is 0.276 e. The molecule has 138 valence electrons. The standard InChI is InChI=1S/C20H19FN4O2/c1-14(26)24(2)13-15-5-3-7-17(11-15)22-20(27)19-9-10-25(23-19)18-8-4-6-16(21)12-18/h3-12H,13H2,1-2H3,(H,22,27). The van der Waals surface area contributed by atoms with Gasteiger partial charge in [0.05, 0.1) is 5.69 Å². The summed E-state index contributed by atoms with van der Waals surface area (Å²) in [4.78, 5) is 25.4. The predicted molar refractivity (Wildman–Crippen MR) is 100 cm³/mol. The maximum atomic E-state index is 13.3. The minimum Gasteiger partial charge on any atom is -0.342 e. The van der Waals surface area contributed by atoms with Gasteiger partial charge in [0.15, 0.2) is 5.69 Å². The molecule has 1 aromatic heterocycles. The van der Waals surface area contributed by atoms with Crippen LogP contribution in [0.1, 0.15) is 23.0 Å². The molecule has 27 heavy (non-hydrogen) atoms. The Balaban J connectivity index is 1.72. The second kappa shape index (κ2) is 7.82. The van der Waals surface area contributed by atoms with E-state index in [9.17, 15) is 14.0 Å². The molecule has 0 unspecified atom stereocenters. The summed E-state index contributed by atoms with van der Waals surface area (Å²) in [5, 5.41) is 6.98. The van der Waals surface area contributed by atoms with E-state index < -0.39 is 0 Å². The first kappa shape index (κ1) is 18.3. The monoisotopic (exact) mass is 366 g/mol. The molecule has 1 heterocycles. The second-order valence-electron chi connectivity index (χ2n) is 6.16. The highest BCUT2D eigenvalue weighted by Crippen LogP contribution is 2.14. The predicted octanol–water partition coefficient (Wildman–Crippen LogP) is 3.24. The average Bonchev–Trinajstić information content (AvgIpc) is 3.12. The third-order valence-corrected chi connectivity index (χ3v) is 4.04. The Labute approximate surface area is 156 Å². The SMILES string of the molecule is CC(=O)N(C)Cc1cccc(NC(=O)c2ccn(-c3cccc(F)c3)n2)c1. The maximum Gasteiger partial charge on any atom is 0.276 e. The van der Waals surface area contributed by atoms with E-state index >= 15 is 0 Å². The van der Waals surface area contributed by atoms with Crippen molar-refractivity contribution >= 4 is 17.5 Å². The topological polar surface area (TPSA) is 67.2 Å². The van der Waals surface area contributed by atoms with Gasteiger partial charge in [-0.1, -0.05) is 18.2 Å². The molecule has 0 bridgehead atoms. The van der Waals surface area contributed by atoms with Crippen molar-refractivity contribution in [3.8, 4) is 5.69 Å². The molecular weight excluding hydrogens is 347 g/mol. The highest BCUT2D eigenvalue weighted by atomic mass is 19.1.